The van der Waals surface area contributed by atoms with E-state index in [-0.39, 0.29) is 11.8 Å². The van der Waals surface area contributed by atoms with E-state index in [1.54, 1.807) is 13.2 Å². The van der Waals surface area contributed by atoms with Crippen molar-refractivity contribution in [3.63, 3.8) is 0 Å². The number of piperidine rings is 1. The fraction of sp³-hybridized carbons (Fsp3) is 0.429. The van der Waals surface area contributed by atoms with Crippen LogP contribution in [-0.4, -0.2) is 47.1 Å². The Morgan fingerprint density at radius 3 is 2.86 bits per heavy atom. The van der Waals surface area contributed by atoms with E-state index in [4.69, 9.17) is 4.74 Å². The number of nitrogens with one attached hydrogen (secondary N) is 1. The van der Waals surface area contributed by atoms with Crippen molar-refractivity contribution in [2.75, 3.05) is 25.5 Å². The average molecular weight is 382 g/mol. The number of ether oxygens (including phenoxy) is 1. The van der Waals surface area contributed by atoms with Crippen LogP contribution in [0.15, 0.2) is 36.7 Å². The maximum Gasteiger partial charge on any atom is 0.255 e. The van der Waals surface area contributed by atoms with Crippen LogP contribution < -0.4 is 10.1 Å². The van der Waals surface area contributed by atoms with Crippen LogP contribution in [0.4, 0.5) is 5.69 Å². The molecule has 0 radical (unpaired) electrons. The van der Waals surface area contributed by atoms with Crippen molar-refractivity contribution < 1.29 is 14.3 Å². The molecular formula is C21H26N4O3. The molecule has 28 heavy (non-hydrogen) atoms. The van der Waals surface area contributed by atoms with Gasteiger partial charge in [0, 0.05) is 25.2 Å². The second-order valence-corrected chi connectivity index (χ2v) is 7.16. The summed E-state index contributed by atoms with van der Waals surface area (Å²) < 4.78 is 5.19. The number of carbonyl (C=O) groups excluding carboxylic acids is 2. The van der Waals surface area contributed by atoms with Gasteiger partial charge in [-0.3, -0.25) is 9.59 Å². The van der Waals surface area contributed by atoms with Crippen molar-refractivity contribution in [1.29, 1.82) is 0 Å². The number of nitrogens with zero attached hydrogens (tertiary/aromatic N) is 3. The third-order valence-electron chi connectivity index (χ3n) is 5.12. The van der Waals surface area contributed by atoms with Gasteiger partial charge in [-0.1, -0.05) is 0 Å². The number of aryl methyl sites for hydroxylation is 1. The second-order valence-electron chi connectivity index (χ2n) is 7.16. The summed E-state index contributed by atoms with van der Waals surface area (Å²) in [6.45, 7) is 3.36. The molecule has 1 fully saturated rings. The van der Waals surface area contributed by atoms with Gasteiger partial charge in [-0.2, -0.15) is 10.2 Å². The molecule has 1 aromatic carbocycles. The summed E-state index contributed by atoms with van der Waals surface area (Å²) in [6, 6.07) is 7.27. The first-order valence-electron chi connectivity index (χ1n) is 9.57. The zero-order valence-corrected chi connectivity index (χ0v) is 16.4. The summed E-state index contributed by atoms with van der Waals surface area (Å²) in [5, 5.41) is 10.5. The lowest BCUT2D eigenvalue weighted by Crippen LogP contribution is -2.40. The number of carbonyl (C=O) groups is 2. The van der Waals surface area contributed by atoms with Gasteiger partial charge in [-0.25, -0.2) is 0 Å². The van der Waals surface area contributed by atoms with Crippen molar-refractivity contribution in [1.82, 2.24) is 15.1 Å². The van der Waals surface area contributed by atoms with E-state index in [0.717, 1.165) is 42.8 Å². The number of rotatable bonds is 6. The Kier molecular flexibility index (Phi) is 6.57. The van der Waals surface area contributed by atoms with Crippen molar-refractivity contribution in [3.8, 4) is 5.75 Å². The highest BCUT2D eigenvalue weighted by Gasteiger charge is 2.25. The molecule has 0 bridgehead atoms. The predicted octanol–water partition coefficient (Wildman–Crippen LogP) is 3.06. The molecule has 1 aromatic heterocycles. The van der Waals surface area contributed by atoms with Crippen LogP contribution in [-0.2, 0) is 4.79 Å². The largest absolute Gasteiger partial charge is 0.497 e. The van der Waals surface area contributed by atoms with E-state index in [0.29, 0.717) is 24.4 Å². The average Bonchev–Trinajstić information content (AvgIpc) is 2.74. The van der Waals surface area contributed by atoms with Crippen molar-refractivity contribution in [3.05, 3.63) is 47.8 Å². The molecule has 0 saturated carbocycles. The van der Waals surface area contributed by atoms with E-state index >= 15 is 0 Å². The lowest BCUT2D eigenvalue weighted by atomic mass is 9.93. The zero-order chi connectivity index (χ0) is 19.9. The summed E-state index contributed by atoms with van der Waals surface area (Å²) in [5.74, 6) is 1.08. The van der Waals surface area contributed by atoms with Crippen LogP contribution in [0.2, 0.25) is 0 Å². The van der Waals surface area contributed by atoms with E-state index < -0.39 is 0 Å². The molecule has 1 aliphatic heterocycles. The molecule has 1 aliphatic rings. The van der Waals surface area contributed by atoms with Gasteiger partial charge in [-0.15, -0.1) is 0 Å². The molecule has 1 saturated heterocycles. The molecule has 0 spiro atoms. The minimum absolute atomic E-state index is 0.00458. The number of methoxy groups -OCH3 is 1. The summed E-state index contributed by atoms with van der Waals surface area (Å²) in [5.41, 5.74) is 2.33. The molecule has 3 rings (SSSR count). The van der Waals surface area contributed by atoms with Gasteiger partial charge >= 0.3 is 0 Å². The highest BCUT2D eigenvalue weighted by atomic mass is 16.5. The second kappa shape index (κ2) is 9.30. The quantitative estimate of drug-likeness (QED) is 0.830. The van der Waals surface area contributed by atoms with Crippen LogP contribution in [0.5, 0.6) is 5.75 Å². The third kappa shape index (κ3) is 5.06. The van der Waals surface area contributed by atoms with Crippen LogP contribution in [0.1, 0.15) is 41.6 Å². The molecule has 2 amide bonds. The fourth-order valence-electron chi connectivity index (χ4n) is 3.54. The molecule has 2 heterocycles. The number of amides is 2. The van der Waals surface area contributed by atoms with Crippen LogP contribution in [0.3, 0.4) is 0 Å². The Labute approximate surface area is 165 Å². The van der Waals surface area contributed by atoms with Gasteiger partial charge in [0.2, 0.25) is 5.91 Å². The van der Waals surface area contributed by atoms with Gasteiger partial charge in [0.05, 0.1) is 25.1 Å². The summed E-state index contributed by atoms with van der Waals surface area (Å²) >= 11 is 0. The minimum Gasteiger partial charge on any atom is -0.497 e. The molecule has 7 heteroatoms. The first-order chi connectivity index (χ1) is 13.6. The molecule has 0 aliphatic carbocycles. The summed E-state index contributed by atoms with van der Waals surface area (Å²) in [7, 11) is 1.62. The van der Waals surface area contributed by atoms with Crippen LogP contribution >= 0.6 is 0 Å². The first kappa shape index (κ1) is 19.8. The van der Waals surface area contributed by atoms with E-state index in [1.807, 2.05) is 30.0 Å². The van der Waals surface area contributed by atoms with Crippen molar-refractivity contribution in [2.45, 2.75) is 32.6 Å². The molecule has 1 N–H and O–H groups in total. The smallest absolute Gasteiger partial charge is 0.255 e. The Morgan fingerprint density at radius 2 is 2.14 bits per heavy atom. The molecule has 2 aromatic rings. The minimum atomic E-state index is -0.0158. The third-order valence-corrected chi connectivity index (χ3v) is 5.12. The maximum atomic E-state index is 12.6. The Balaban J connectivity index is 1.50. The standard InChI is InChI=1S/C21H26N4O3/c1-15-12-18(28-2)6-7-19(15)24-20(26)8-5-16-4-3-11-25(14-16)21(27)17-9-10-22-23-13-17/h6-7,9-10,12-13,16H,3-5,8,11,14H2,1-2H3,(H,24,26). The van der Waals surface area contributed by atoms with Gasteiger partial charge in [0.25, 0.3) is 5.91 Å². The number of hydrogen-bond acceptors (Lipinski definition) is 5. The van der Waals surface area contributed by atoms with Gasteiger partial charge < -0.3 is 15.0 Å². The van der Waals surface area contributed by atoms with E-state index in [9.17, 15) is 9.59 Å². The van der Waals surface area contributed by atoms with E-state index in [1.165, 1.54) is 12.4 Å². The number of likely N-dealkylation sites (tertiary alicyclic amines) is 1. The van der Waals surface area contributed by atoms with E-state index in [2.05, 4.69) is 15.5 Å². The maximum absolute atomic E-state index is 12.6. The first-order valence-corrected chi connectivity index (χ1v) is 9.57. The molecule has 1 atom stereocenters. The Bertz CT molecular complexity index is 826. The number of anilines is 1. The monoisotopic (exact) mass is 382 g/mol. The van der Waals surface area contributed by atoms with Gasteiger partial charge in [-0.05, 0) is 61.9 Å². The van der Waals surface area contributed by atoms with Crippen LogP contribution in [0, 0.1) is 12.8 Å². The Morgan fingerprint density at radius 1 is 1.29 bits per heavy atom. The topological polar surface area (TPSA) is 84.4 Å². The van der Waals surface area contributed by atoms with Gasteiger partial charge in [0.1, 0.15) is 5.75 Å². The lowest BCUT2D eigenvalue weighted by molar-refractivity contribution is -0.116. The number of benzene rings is 1. The molecule has 148 valence electrons. The highest BCUT2D eigenvalue weighted by molar-refractivity contribution is 5.94. The lowest BCUT2D eigenvalue weighted by Gasteiger charge is -2.32. The molecular weight excluding hydrogens is 356 g/mol. The predicted molar refractivity (Wildman–Crippen MR) is 106 cm³/mol. The number of aromatic nitrogens is 2. The summed E-state index contributed by atoms with van der Waals surface area (Å²) in [6.07, 6.45) is 6.21. The fourth-order valence-corrected chi connectivity index (χ4v) is 3.54. The SMILES string of the molecule is COc1ccc(NC(=O)CCC2CCCN(C(=O)c3ccnnc3)C2)c(C)c1. The molecule has 1 unspecified atom stereocenters. The van der Waals surface area contributed by atoms with Gasteiger partial charge in [0.15, 0.2) is 0 Å². The Hall–Kier alpha value is -2.96. The zero-order valence-electron chi connectivity index (χ0n) is 16.4. The van der Waals surface area contributed by atoms with Crippen LogP contribution in [0.25, 0.3) is 0 Å². The van der Waals surface area contributed by atoms with Crippen molar-refractivity contribution in [2.24, 2.45) is 5.92 Å². The normalized spacial score (nSPS) is 16.5. The van der Waals surface area contributed by atoms with Crippen molar-refractivity contribution >= 4 is 17.5 Å². The molecule has 7 nitrogen and oxygen atoms in total. The number of hydrogen-bond donors (Lipinski definition) is 1. The summed E-state index contributed by atoms with van der Waals surface area (Å²) in [4.78, 5) is 26.8. The highest BCUT2D eigenvalue weighted by Crippen LogP contribution is 2.24.